The third kappa shape index (κ3) is 2.18. The number of carbonyl (C=O) groups excluding carboxylic acids is 1. The van der Waals surface area contributed by atoms with E-state index in [4.69, 9.17) is 5.26 Å². The number of hydrogen-bond acceptors (Lipinski definition) is 2. The van der Waals surface area contributed by atoms with Crippen LogP contribution in [0.2, 0.25) is 0 Å². The molecule has 2 nitrogen and oxygen atoms in total. The molecule has 0 radical (unpaired) electrons. The van der Waals surface area contributed by atoms with Crippen molar-refractivity contribution in [1.29, 1.82) is 5.26 Å². The molecule has 0 atom stereocenters. The molecule has 0 aromatic heterocycles. The highest BCUT2D eigenvalue weighted by Gasteiger charge is 2.20. The summed E-state index contributed by atoms with van der Waals surface area (Å²) in [5, 5.41) is 8.70. The fourth-order valence-corrected chi connectivity index (χ4v) is 1.42. The molecule has 4 heteroatoms. The Kier molecular flexibility index (Phi) is 3.15. The quantitative estimate of drug-likeness (QED) is 0.702. The van der Waals surface area contributed by atoms with E-state index in [1.54, 1.807) is 13.0 Å². The highest BCUT2D eigenvalue weighted by Crippen LogP contribution is 2.28. The van der Waals surface area contributed by atoms with Crippen LogP contribution in [-0.2, 0) is 0 Å². The number of carbonyl (C=O) groups is 1. The first-order valence-electron chi connectivity index (χ1n) is 4.31. The zero-order valence-corrected chi connectivity index (χ0v) is 8.34. The van der Waals surface area contributed by atoms with Gasteiger partial charge >= 0.3 is 0 Å². The van der Waals surface area contributed by atoms with Crippen molar-refractivity contribution >= 4 is 5.78 Å². The van der Waals surface area contributed by atoms with Crippen molar-refractivity contribution in [2.24, 2.45) is 0 Å². The van der Waals surface area contributed by atoms with Gasteiger partial charge in [0.15, 0.2) is 5.78 Å². The van der Waals surface area contributed by atoms with Gasteiger partial charge < -0.3 is 0 Å². The number of alkyl halides is 2. The molecular formula is C11H9F2NO. The number of ketones is 1. The molecule has 0 aliphatic rings. The standard InChI is InChI=1S/C11H9F2NO/c1-6-3-8(5-14)10(11(12)13)9(4-6)7(2)15/h3-4,11H,1-2H3. The van der Waals surface area contributed by atoms with Gasteiger partial charge in [-0.15, -0.1) is 0 Å². The molecule has 0 N–H and O–H groups in total. The first-order chi connectivity index (χ1) is 6.97. The average Bonchev–Trinajstić information content (AvgIpc) is 2.15. The molecule has 0 fully saturated rings. The first-order valence-corrected chi connectivity index (χ1v) is 4.31. The van der Waals surface area contributed by atoms with E-state index in [9.17, 15) is 13.6 Å². The van der Waals surface area contributed by atoms with Gasteiger partial charge in [-0.3, -0.25) is 4.79 Å². The normalized spacial score (nSPS) is 10.1. The molecule has 15 heavy (non-hydrogen) atoms. The fourth-order valence-electron chi connectivity index (χ4n) is 1.42. The molecule has 78 valence electrons. The predicted molar refractivity (Wildman–Crippen MR) is 50.9 cm³/mol. The molecule has 0 aliphatic carbocycles. The second-order valence-corrected chi connectivity index (χ2v) is 3.24. The molecule has 0 amide bonds. The van der Waals surface area contributed by atoms with Crippen LogP contribution in [0.25, 0.3) is 0 Å². The van der Waals surface area contributed by atoms with Crippen molar-refractivity contribution in [3.63, 3.8) is 0 Å². The van der Waals surface area contributed by atoms with Gasteiger partial charge in [0.25, 0.3) is 6.43 Å². The lowest BCUT2D eigenvalue weighted by atomic mass is 9.96. The van der Waals surface area contributed by atoms with Crippen LogP contribution in [0.4, 0.5) is 8.78 Å². The van der Waals surface area contributed by atoms with Gasteiger partial charge in [0.2, 0.25) is 0 Å². The number of hydrogen-bond donors (Lipinski definition) is 0. The molecule has 0 saturated heterocycles. The Bertz CT molecular complexity index is 447. The molecule has 0 spiro atoms. The second-order valence-electron chi connectivity index (χ2n) is 3.24. The number of aryl methyl sites for hydroxylation is 1. The molecule has 0 saturated carbocycles. The van der Waals surface area contributed by atoms with Crippen molar-refractivity contribution in [3.05, 3.63) is 34.4 Å². The number of nitrogens with zero attached hydrogens (tertiary/aromatic N) is 1. The summed E-state index contributed by atoms with van der Waals surface area (Å²) in [5.74, 6) is -0.453. The first kappa shape index (κ1) is 11.3. The summed E-state index contributed by atoms with van der Waals surface area (Å²) < 4.78 is 25.3. The summed E-state index contributed by atoms with van der Waals surface area (Å²) in [7, 11) is 0. The van der Waals surface area contributed by atoms with Crippen LogP contribution in [0, 0.1) is 18.3 Å². The third-order valence-electron chi connectivity index (χ3n) is 2.04. The van der Waals surface area contributed by atoms with E-state index in [1.807, 2.05) is 0 Å². The van der Waals surface area contributed by atoms with Crippen LogP contribution in [0.3, 0.4) is 0 Å². The number of Topliss-reactive ketones (excluding diaryl/α,β-unsaturated/α-hetero) is 1. The molecule has 0 bridgehead atoms. The summed E-state index contributed by atoms with van der Waals surface area (Å²) in [6.07, 6.45) is -2.81. The van der Waals surface area contributed by atoms with Crippen molar-refractivity contribution in [2.75, 3.05) is 0 Å². The van der Waals surface area contributed by atoms with Crippen molar-refractivity contribution in [2.45, 2.75) is 20.3 Å². The van der Waals surface area contributed by atoms with Gasteiger partial charge in [0.1, 0.15) is 0 Å². The SMILES string of the molecule is CC(=O)c1cc(C)cc(C#N)c1C(F)F. The lowest BCUT2D eigenvalue weighted by Crippen LogP contribution is -2.04. The van der Waals surface area contributed by atoms with Crippen molar-refractivity contribution in [1.82, 2.24) is 0 Å². The highest BCUT2D eigenvalue weighted by molar-refractivity contribution is 5.96. The van der Waals surface area contributed by atoms with E-state index < -0.39 is 17.8 Å². The minimum atomic E-state index is -2.81. The zero-order chi connectivity index (χ0) is 11.6. The smallest absolute Gasteiger partial charge is 0.265 e. The van der Waals surface area contributed by atoms with Gasteiger partial charge in [-0.25, -0.2) is 8.78 Å². The Morgan fingerprint density at radius 1 is 1.47 bits per heavy atom. The molecular weight excluding hydrogens is 200 g/mol. The number of rotatable bonds is 2. The third-order valence-corrected chi connectivity index (χ3v) is 2.04. The minimum Gasteiger partial charge on any atom is -0.294 e. The zero-order valence-electron chi connectivity index (χ0n) is 8.34. The van der Waals surface area contributed by atoms with Crippen molar-refractivity contribution in [3.8, 4) is 6.07 Å². The van der Waals surface area contributed by atoms with Crippen LogP contribution in [0.5, 0.6) is 0 Å². The van der Waals surface area contributed by atoms with Gasteiger partial charge in [-0.05, 0) is 31.5 Å². The largest absolute Gasteiger partial charge is 0.294 e. The summed E-state index contributed by atoms with van der Waals surface area (Å²) in [4.78, 5) is 11.1. The Morgan fingerprint density at radius 2 is 2.07 bits per heavy atom. The average molecular weight is 209 g/mol. The Labute approximate surface area is 86.1 Å². The summed E-state index contributed by atoms with van der Waals surface area (Å²) in [6, 6.07) is 4.42. The maximum Gasteiger partial charge on any atom is 0.265 e. The maximum atomic E-state index is 12.7. The highest BCUT2D eigenvalue weighted by atomic mass is 19.3. The van der Waals surface area contributed by atoms with E-state index in [2.05, 4.69) is 0 Å². The van der Waals surface area contributed by atoms with E-state index in [-0.39, 0.29) is 11.1 Å². The molecule has 1 aromatic rings. The maximum absolute atomic E-state index is 12.7. The topological polar surface area (TPSA) is 40.9 Å². The Balaban J connectivity index is 3.56. The molecule has 1 aromatic carbocycles. The Morgan fingerprint density at radius 3 is 2.47 bits per heavy atom. The molecule has 0 aliphatic heterocycles. The van der Waals surface area contributed by atoms with Crippen LogP contribution in [0.15, 0.2) is 12.1 Å². The van der Waals surface area contributed by atoms with Crippen LogP contribution >= 0.6 is 0 Å². The van der Waals surface area contributed by atoms with Gasteiger partial charge in [0, 0.05) is 11.1 Å². The van der Waals surface area contributed by atoms with E-state index >= 15 is 0 Å². The minimum absolute atomic E-state index is 0.0680. The number of halogens is 2. The molecule has 0 unspecified atom stereocenters. The fraction of sp³-hybridized carbons (Fsp3) is 0.273. The summed E-state index contributed by atoms with van der Waals surface area (Å²) >= 11 is 0. The molecule has 1 rings (SSSR count). The summed E-state index contributed by atoms with van der Waals surface area (Å²) in [6.45, 7) is 2.87. The van der Waals surface area contributed by atoms with Crippen LogP contribution in [-0.4, -0.2) is 5.78 Å². The lowest BCUT2D eigenvalue weighted by molar-refractivity contribution is 0.0998. The number of nitriles is 1. The van der Waals surface area contributed by atoms with Crippen LogP contribution < -0.4 is 0 Å². The van der Waals surface area contributed by atoms with Gasteiger partial charge in [0.05, 0.1) is 11.6 Å². The van der Waals surface area contributed by atoms with Gasteiger partial charge in [-0.2, -0.15) is 5.26 Å². The monoisotopic (exact) mass is 209 g/mol. The Hall–Kier alpha value is -1.76. The molecule has 0 heterocycles. The van der Waals surface area contributed by atoms with E-state index in [0.717, 1.165) is 0 Å². The number of benzene rings is 1. The lowest BCUT2D eigenvalue weighted by Gasteiger charge is -2.09. The van der Waals surface area contributed by atoms with E-state index in [1.165, 1.54) is 19.1 Å². The predicted octanol–water partition coefficient (Wildman–Crippen LogP) is 3.01. The van der Waals surface area contributed by atoms with Gasteiger partial charge in [-0.1, -0.05) is 0 Å². The van der Waals surface area contributed by atoms with Crippen LogP contribution in [0.1, 0.15) is 40.4 Å². The second kappa shape index (κ2) is 4.18. The van der Waals surface area contributed by atoms with Crippen molar-refractivity contribution < 1.29 is 13.6 Å². The van der Waals surface area contributed by atoms with E-state index in [0.29, 0.717) is 5.56 Å². The summed E-state index contributed by atoms with van der Waals surface area (Å²) in [5.41, 5.74) is -0.0338.